The molecule has 0 fully saturated rings. The van der Waals surface area contributed by atoms with Crippen molar-refractivity contribution in [3.63, 3.8) is 0 Å². The van der Waals surface area contributed by atoms with Gasteiger partial charge >= 0.3 is 0 Å². The first-order chi connectivity index (χ1) is 9.34. The molecule has 0 saturated heterocycles. The van der Waals surface area contributed by atoms with E-state index in [1.54, 1.807) is 6.92 Å². The second-order valence-corrected chi connectivity index (χ2v) is 4.78. The molecule has 0 aliphatic heterocycles. The first-order valence-electron chi connectivity index (χ1n) is 6.20. The van der Waals surface area contributed by atoms with Crippen molar-refractivity contribution in [2.45, 2.75) is 38.0 Å². The molecule has 0 amide bonds. The van der Waals surface area contributed by atoms with Crippen LogP contribution in [-0.4, -0.2) is 21.9 Å². The molecule has 0 spiro atoms. The first-order valence-corrected chi connectivity index (χ1v) is 6.20. The molecule has 2 atom stereocenters. The third-order valence-electron chi connectivity index (χ3n) is 2.80. The molecule has 0 heterocycles. The summed E-state index contributed by atoms with van der Waals surface area (Å²) in [4.78, 5) is 9.99. The normalized spacial score (nSPS) is 14.9. The van der Waals surface area contributed by atoms with Crippen LogP contribution in [0.5, 0.6) is 5.75 Å². The summed E-state index contributed by atoms with van der Waals surface area (Å²) in [5.74, 6) is 2.84. The molecule has 6 heteroatoms. The topological polar surface area (TPSA) is 98.6 Å². The molecule has 1 aromatic carbocycles. The van der Waals surface area contributed by atoms with E-state index < -0.39 is 16.8 Å². The van der Waals surface area contributed by atoms with E-state index in [0.29, 0.717) is 25.0 Å². The molecule has 1 rings (SSSR count). The van der Waals surface area contributed by atoms with Crippen LogP contribution in [0.2, 0.25) is 0 Å². The predicted octanol–water partition coefficient (Wildman–Crippen LogP) is 1.81. The van der Waals surface area contributed by atoms with Crippen molar-refractivity contribution in [2.75, 3.05) is 0 Å². The van der Waals surface area contributed by atoms with Crippen molar-refractivity contribution >= 4 is 5.69 Å². The smallest absolute Gasteiger partial charge is 0.269 e. The summed E-state index contributed by atoms with van der Waals surface area (Å²) in [6.07, 6.45) is 5.84. The van der Waals surface area contributed by atoms with Gasteiger partial charge in [-0.05, 0) is 31.9 Å². The quantitative estimate of drug-likeness (QED) is 0.343. The Balaban J connectivity index is 2.41. The lowest BCUT2D eigenvalue weighted by molar-refractivity contribution is -0.384. The van der Waals surface area contributed by atoms with E-state index in [1.165, 1.54) is 24.3 Å². The van der Waals surface area contributed by atoms with Gasteiger partial charge < -0.3 is 15.6 Å². The lowest BCUT2D eigenvalue weighted by atomic mass is 9.97. The minimum Gasteiger partial charge on any atom is -0.465 e. The third kappa shape index (κ3) is 5.26. The largest absolute Gasteiger partial charge is 0.465 e. The summed E-state index contributed by atoms with van der Waals surface area (Å²) in [6, 6.07) is 5.51. The fourth-order valence-electron chi connectivity index (χ4n) is 1.58. The summed E-state index contributed by atoms with van der Waals surface area (Å²) < 4.78 is 5.24. The number of aliphatic hydroxyl groups is 1. The van der Waals surface area contributed by atoms with Crippen molar-refractivity contribution in [3.8, 4) is 18.1 Å². The maximum atomic E-state index is 10.5. The van der Waals surface area contributed by atoms with Crippen LogP contribution < -0.4 is 10.5 Å². The molecule has 0 saturated carbocycles. The molecule has 108 valence electrons. The first kappa shape index (κ1) is 16.0. The number of hydrogen-bond acceptors (Lipinski definition) is 5. The fraction of sp³-hybridized carbons (Fsp3) is 0.429. The van der Waals surface area contributed by atoms with E-state index in [2.05, 4.69) is 5.92 Å². The number of nitro benzene ring substituents is 1. The van der Waals surface area contributed by atoms with Crippen LogP contribution in [0.4, 0.5) is 5.69 Å². The van der Waals surface area contributed by atoms with Crippen LogP contribution in [0, 0.1) is 22.5 Å². The Morgan fingerprint density at radius 3 is 2.65 bits per heavy atom. The minimum atomic E-state index is -0.995. The average Bonchev–Trinajstić information content (AvgIpc) is 2.39. The highest BCUT2D eigenvalue weighted by molar-refractivity contribution is 5.35. The van der Waals surface area contributed by atoms with E-state index in [9.17, 15) is 15.2 Å². The van der Waals surface area contributed by atoms with Gasteiger partial charge in [0, 0.05) is 18.6 Å². The lowest BCUT2D eigenvalue weighted by Gasteiger charge is -2.18. The zero-order valence-electron chi connectivity index (χ0n) is 11.3. The molecule has 0 aromatic heterocycles. The highest BCUT2D eigenvalue weighted by Crippen LogP contribution is 2.19. The summed E-state index contributed by atoms with van der Waals surface area (Å²) in [5, 5.41) is 20.2. The molecular formula is C14H18N2O4. The Morgan fingerprint density at radius 1 is 1.55 bits per heavy atom. The molecule has 0 bridgehead atoms. The van der Waals surface area contributed by atoms with Gasteiger partial charge in [-0.1, -0.05) is 5.92 Å². The molecule has 0 radical (unpaired) electrons. The summed E-state index contributed by atoms with van der Waals surface area (Å²) in [6.45, 7) is 1.75. The molecule has 1 aromatic rings. The van der Waals surface area contributed by atoms with Gasteiger partial charge in [0.05, 0.1) is 10.5 Å². The van der Waals surface area contributed by atoms with Gasteiger partial charge in [0.25, 0.3) is 5.69 Å². The molecule has 20 heavy (non-hydrogen) atoms. The third-order valence-corrected chi connectivity index (χ3v) is 2.80. The zero-order valence-corrected chi connectivity index (χ0v) is 11.3. The van der Waals surface area contributed by atoms with Gasteiger partial charge in [-0.25, -0.2) is 0 Å². The number of nitro groups is 1. The maximum Gasteiger partial charge on any atom is 0.269 e. The molecule has 6 nitrogen and oxygen atoms in total. The highest BCUT2D eigenvalue weighted by Gasteiger charge is 2.15. The monoisotopic (exact) mass is 278 g/mol. The van der Waals surface area contributed by atoms with Gasteiger partial charge in [0.2, 0.25) is 0 Å². The van der Waals surface area contributed by atoms with Gasteiger partial charge in [0.1, 0.15) is 5.75 Å². The molecule has 0 aliphatic carbocycles. The fourth-order valence-corrected chi connectivity index (χ4v) is 1.58. The van der Waals surface area contributed by atoms with Crippen molar-refractivity contribution in [3.05, 3.63) is 34.4 Å². The van der Waals surface area contributed by atoms with Crippen LogP contribution in [0.1, 0.15) is 26.2 Å². The highest BCUT2D eigenvalue weighted by atomic mass is 16.6. The summed E-state index contributed by atoms with van der Waals surface area (Å²) in [5.41, 5.74) is 5.06. The lowest BCUT2D eigenvalue weighted by Crippen LogP contribution is -2.34. The van der Waals surface area contributed by atoms with Crippen LogP contribution in [-0.2, 0) is 0 Å². The van der Waals surface area contributed by atoms with E-state index in [4.69, 9.17) is 16.9 Å². The number of hydrogen-bond donors (Lipinski definition) is 2. The summed E-state index contributed by atoms with van der Waals surface area (Å²) >= 11 is 0. The van der Waals surface area contributed by atoms with Crippen molar-refractivity contribution in [1.82, 2.24) is 0 Å². The molecule has 2 unspecified atom stereocenters. The van der Waals surface area contributed by atoms with E-state index in [0.717, 1.165) is 0 Å². The van der Waals surface area contributed by atoms with E-state index in [-0.39, 0.29) is 5.69 Å². The van der Waals surface area contributed by atoms with Crippen molar-refractivity contribution in [2.24, 2.45) is 5.73 Å². The molecule has 3 N–H and O–H groups in total. The Labute approximate surface area is 117 Å². The minimum absolute atomic E-state index is 0.0280. The van der Waals surface area contributed by atoms with Gasteiger partial charge in [0.15, 0.2) is 6.29 Å². The van der Waals surface area contributed by atoms with Crippen LogP contribution in [0.15, 0.2) is 24.3 Å². The van der Waals surface area contributed by atoms with Crippen LogP contribution in [0.25, 0.3) is 0 Å². The number of nitrogens with two attached hydrogens (primary N) is 1. The number of aliphatic hydroxyl groups excluding tert-OH is 1. The number of terminal acetylenes is 1. The van der Waals surface area contributed by atoms with Gasteiger partial charge in [-0.15, -0.1) is 6.42 Å². The summed E-state index contributed by atoms with van der Waals surface area (Å²) in [7, 11) is 0. The Bertz CT molecular complexity index is 491. The standard InChI is InChI=1S/C14H18N2O4/c1-3-14(2,15)10-4-5-13(17)20-12-8-6-11(7-9-12)16(18)19/h1,6-9,13,17H,4-5,10,15H2,2H3. The average molecular weight is 278 g/mol. The second-order valence-electron chi connectivity index (χ2n) is 4.78. The number of non-ortho nitro benzene ring substituents is 1. The van der Waals surface area contributed by atoms with Crippen LogP contribution in [0.3, 0.4) is 0 Å². The second kappa shape index (κ2) is 6.89. The van der Waals surface area contributed by atoms with Gasteiger partial charge in [-0.2, -0.15) is 0 Å². The maximum absolute atomic E-state index is 10.5. The van der Waals surface area contributed by atoms with Crippen molar-refractivity contribution < 1.29 is 14.8 Å². The van der Waals surface area contributed by atoms with E-state index in [1.807, 2.05) is 0 Å². The Kier molecular flexibility index (Phi) is 5.50. The van der Waals surface area contributed by atoms with Gasteiger partial charge in [-0.3, -0.25) is 10.1 Å². The number of ether oxygens (including phenoxy) is 1. The number of rotatable bonds is 7. The Morgan fingerprint density at radius 2 is 2.15 bits per heavy atom. The number of benzene rings is 1. The molecular weight excluding hydrogens is 260 g/mol. The van der Waals surface area contributed by atoms with Crippen molar-refractivity contribution in [1.29, 1.82) is 0 Å². The molecule has 0 aliphatic rings. The number of nitrogens with zero attached hydrogens (tertiary/aromatic N) is 1. The van der Waals surface area contributed by atoms with Crippen LogP contribution >= 0.6 is 0 Å². The Hall–Kier alpha value is -2.10. The predicted molar refractivity (Wildman–Crippen MR) is 75.0 cm³/mol. The zero-order chi connectivity index (χ0) is 15.2. The van der Waals surface area contributed by atoms with E-state index >= 15 is 0 Å². The SMILES string of the molecule is C#CC(C)(N)CCCC(O)Oc1ccc([N+](=O)[O-])cc1.